The van der Waals surface area contributed by atoms with Gasteiger partial charge in [0.2, 0.25) is 5.60 Å². The third-order valence-corrected chi connectivity index (χ3v) is 2.93. The molecule has 0 saturated heterocycles. The molecule has 100 valence electrons. The van der Waals surface area contributed by atoms with Crippen LogP contribution in [0.5, 0.6) is 0 Å². The van der Waals surface area contributed by atoms with Gasteiger partial charge in [-0.2, -0.15) is 13.2 Å². The quantitative estimate of drug-likeness (QED) is 0.634. The van der Waals surface area contributed by atoms with E-state index in [1.807, 2.05) is 0 Å². The Kier molecular flexibility index (Phi) is 4.23. The highest BCUT2D eigenvalue weighted by atomic mass is 79.9. The molecule has 1 unspecified atom stereocenters. The molecule has 1 N–H and O–H groups in total. The second kappa shape index (κ2) is 5.01. The van der Waals surface area contributed by atoms with E-state index < -0.39 is 23.2 Å². The molecule has 0 heterocycles. The predicted octanol–water partition coefficient (Wildman–Crippen LogP) is 4.30. The minimum absolute atomic E-state index is 0.139. The van der Waals surface area contributed by atoms with Crippen LogP contribution < -0.4 is 0 Å². The van der Waals surface area contributed by atoms with E-state index in [0.29, 0.717) is 11.6 Å². The van der Waals surface area contributed by atoms with E-state index in [0.717, 1.165) is 18.2 Å². The van der Waals surface area contributed by atoms with Crippen LogP contribution in [0.1, 0.15) is 19.4 Å². The van der Waals surface area contributed by atoms with Crippen LogP contribution in [0.2, 0.25) is 0 Å². The van der Waals surface area contributed by atoms with Gasteiger partial charge in [0, 0.05) is 10.0 Å². The molecule has 1 rings (SSSR count). The first-order chi connectivity index (χ1) is 8.08. The fourth-order valence-electron chi connectivity index (χ4n) is 1.53. The van der Waals surface area contributed by atoms with Crippen LogP contribution in [0.3, 0.4) is 0 Å². The number of allylic oxidation sites excluding steroid dienone is 1. The Morgan fingerprint density at radius 2 is 1.83 bits per heavy atom. The molecule has 0 aliphatic heterocycles. The summed E-state index contributed by atoms with van der Waals surface area (Å²) >= 11 is 2.84. The maximum atomic E-state index is 13.0. The van der Waals surface area contributed by atoms with Crippen LogP contribution in [-0.2, 0) is 5.60 Å². The maximum Gasteiger partial charge on any atom is 0.425 e. The summed E-state index contributed by atoms with van der Waals surface area (Å²) in [6.07, 6.45) is -4.20. The van der Waals surface area contributed by atoms with Crippen molar-refractivity contribution in [3.8, 4) is 0 Å². The number of rotatable bonds is 2. The fourth-order valence-corrected chi connectivity index (χ4v) is 2.18. The highest BCUT2D eigenvalue weighted by Crippen LogP contribution is 2.43. The highest BCUT2D eigenvalue weighted by Gasteiger charge is 2.54. The molecule has 0 bridgehead atoms. The summed E-state index contributed by atoms with van der Waals surface area (Å²) in [6, 6.07) is 2.66. The summed E-state index contributed by atoms with van der Waals surface area (Å²) in [7, 11) is 0. The van der Waals surface area contributed by atoms with E-state index in [4.69, 9.17) is 0 Å². The zero-order valence-corrected chi connectivity index (χ0v) is 11.2. The first-order valence-corrected chi connectivity index (χ1v) is 5.78. The van der Waals surface area contributed by atoms with Crippen molar-refractivity contribution in [2.24, 2.45) is 0 Å². The number of halogens is 5. The van der Waals surface area contributed by atoms with Crippen molar-refractivity contribution in [2.45, 2.75) is 25.6 Å². The SMILES string of the molecule is CC(C)=CC(O)(c1ccc(F)cc1Br)C(F)(F)F. The molecule has 0 fully saturated rings. The van der Waals surface area contributed by atoms with Gasteiger partial charge in [-0.3, -0.25) is 0 Å². The first kappa shape index (κ1) is 15.2. The Hall–Kier alpha value is -0.880. The lowest BCUT2D eigenvalue weighted by atomic mass is 9.91. The van der Waals surface area contributed by atoms with E-state index in [2.05, 4.69) is 15.9 Å². The molecule has 1 atom stereocenters. The van der Waals surface area contributed by atoms with Crippen molar-refractivity contribution in [1.82, 2.24) is 0 Å². The number of aliphatic hydroxyl groups is 1. The standard InChI is InChI=1S/C12H11BrF4O/c1-7(2)6-11(18,12(15,16)17)9-4-3-8(14)5-10(9)13/h3-6,18H,1-2H3. The lowest BCUT2D eigenvalue weighted by Crippen LogP contribution is -2.41. The van der Waals surface area contributed by atoms with Crippen LogP contribution in [-0.4, -0.2) is 11.3 Å². The van der Waals surface area contributed by atoms with Gasteiger partial charge >= 0.3 is 6.18 Å². The Balaban J connectivity index is 3.50. The number of alkyl halides is 3. The summed E-state index contributed by atoms with van der Waals surface area (Å²) in [5.41, 5.74) is -3.29. The van der Waals surface area contributed by atoms with Crippen molar-refractivity contribution in [2.75, 3.05) is 0 Å². The second-order valence-corrected chi connectivity index (χ2v) is 4.96. The van der Waals surface area contributed by atoms with Gasteiger partial charge in [0.25, 0.3) is 0 Å². The van der Waals surface area contributed by atoms with Crippen molar-refractivity contribution in [1.29, 1.82) is 0 Å². The Labute approximate surface area is 110 Å². The van der Waals surface area contributed by atoms with E-state index >= 15 is 0 Å². The maximum absolute atomic E-state index is 13.0. The molecular formula is C12H11BrF4O. The molecule has 0 aliphatic carbocycles. The van der Waals surface area contributed by atoms with Crippen LogP contribution in [0.4, 0.5) is 17.6 Å². The summed E-state index contributed by atoms with van der Waals surface area (Å²) in [5, 5.41) is 9.91. The van der Waals surface area contributed by atoms with Crippen molar-refractivity contribution >= 4 is 15.9 Å². The third kappa shape index (κ3) is 2.92. The van der Waals surface area contributed by atoms with Crippen LogP contribution in [0.15, 0.2) is 34.3 Å². The smallest absolute Gasteiger partial charge is 0.373 e. The molecule has 0 amide bonds. The van der Waals surface area contributed by atoms with Gasteiger partial charge < -0.3 is 5.11 Å². The molecule has 0 radical (unpaired) electrons. The normalized spacial score (nSPS) is 15.1. The van der Waals surface area contributed by atoms with E-state index in [-0.39, 0.29) is 4.47 Å². The Morgan fingerprint density at radius 3 is 2.22 bits per heavy atom. The molecule has 0 aromatic heterocycles. The molecule has 6 heteroatoms. The number of benzene rings is 1. The summed E-state index contributed by atoms with van der Waals surface area (Å²) in [4.78, 5) is 0. The molecule has 18 heavy (non-hydrogen) atoms. The van der Waals surface area contributed by atoms with Crippen molar-refractivity contribution in [3.05, 3.63) is 45.7 Å². The Bertz CT molecular complexity index is 477. The average Bonchev–Trinajstić information content (AvgIpc) is 2.13. The van der Waals surface area contributed by atoms with Gasteiger partial charge in [0.1, 0.15) is 5.82 Å². The topological polar surface area (TPSA) is 20.2 Å². The minimum atomic E-state index is -4.90. The Morgan fingerprint density at radius 1 is 1.28 bits per heavy atom. The molecule has 1 nitrogen and oxygen atoms in total. The van der Waals surface area contributed by atoms with E-state index in [9.17, 15) is 22.7 Å². The third-order valence-electron chi connectivity index (χ3n) is 2.27. The molecular weight excluding hydrogens is 316 g/mol. The largest absolute Gasteiger partial charge is 0.425 e. The van der Waals surface area contributed by atoms with Gasteiger partial charge in [-0.25, -0.2) is 4.39 Å². The molecule has 0 saturated carbocycles. The van der Waals surface area contributed by atoms with Gasteiger partial charge in [-0.15, -0.1) is 0 Å². The first-order valence-electron chi connectivity index (χ1n) is 4.98. The molecule has 0 spiro atoms. The van der Waals surface area contributed by atoms with Crippen molar-refractivity contribution < 1.29 is 22.7 Å². The van der Waals surface area contributed by atoms with Gasteiger partial charge in [-0.05, 0) is 32.1 Å². The van der Waals surface area contributed by atoms with Gasteiger partial charge in [0.05, 0.1) is 0 Å². The lowest BCUT2D eigenvalue weighted by molar-refractivity contribution is -0.245. The van der Waals surface area contributed by atoms with E-state index in [1.54, 1.807) is 0 Å². The number of hydrogen-bond acceptors (Lipinski definition) is 1. The average molecular weight is 327 g/mol. The summed E-state index contributed by atoms with van der Waals surface area (Å²) in [6.45, 7) is 2.88. The fraction of sp³-hybridized carbons (Fsp3) is 0.333. The molecule has 1 aromatic rings. The predicted molar refractivity (Wildman–Crippen MR) is 63.5 cm³/mol. The van der Waals surface area contributed by atoms with Gasteiger partial charge in [0.15, 0.2) is 0 Å². The molecule has 0 aliphatic rings. The summed E-state index contributed by atoms with van der Waals surface area (Å²) < 4.78 is 51.8. The second-order valence-electron chi connectivity index (χ2n) is 4.11. The highest BCUT2D eigenvalue weighted by molar-refractivity contribution is 9.10. The number of hydrogen-bond donors (Lipinski definition) is 1. The monoisotopic (exact) mass is 326 g/mol. The van der Waals surface area contributed by atoms with E-state index in [1.165, 1.54) is 13.8 Å². The summed E-state index contributed by atoms with van der Waals surface area (Å²) in [5.74, 6) is -0.688. The van der Waals surface area contributed by atoms with Crippen LogP contribution in [0.25, 0.3) is 0 Å². The van der Waals surface area contributed by atoms with Crippen molar-refractivity contribution in [3.63, 3.8) is 0 Å². The van der Waals surface area contributed by atoms with Crippen LogP contribution in [0, 0.1) is 5.82 Å². The zero-order valence-electron chi connectivity index (χ0n) is 9.65. The van der Waals surface area contributed by atoms with Gasteiger partial charge in [-0.1, -0.05) is 27.6 Å². The molecule has 1 aromatic carbocycles. The minimum Gasteiger partial charge on any atom is -0.373 e. The van der Waals surface area contributed by atoms with Crippen LogP contribution >= 0.6 is 15.9 Å². The zero-order chi connectivity index (χ0) is 14.1. The lowest BCUT2D eigenvalue weighted by Gasteiger charge is -2.29.